The number of hydrogen-bond acceptors (Lipinski definition) is 4. The van der Waals surface area contributed by atoms with Gasteiger partial charge in [-0.3, -0.25) is 4.79 Å². The summed E-state index contributed by atoms with van der Waals surface area (Å²) in [7, 11) is 1.21. The fourth-order valence-electron chi connectivity index (χ4n) is 1.87. The number of ether oxygens (including phenoxy) is 1. The van der Waals surface area contributed by atoms with E-state index in [1.165, 1.54) is 25.9 Å². The number of nitrogens with one attached hydrogen (secondary N) is 1. The van der Waals surface area contributed by atoms with Crippen LogP contribution in [0.2, 0.25) is 0 Å². The number of rotatable bonds is 7. The third kappa shape index (κ3) is 4.91. The Bertz CT molecular complexity index is 393. The number of hydrogen-bond donors (Lipinski definition) is 2. The highest BCUT2D eigenvalue weighted by atomic mass is 16.5. The molecule has 21 heavy (non-hydrogen) atoms. The molecule has 7 heteroatoms. The molecular weight excluding hydrogens is 276 g/mol. The van der Waals surface area contributed by atoms with Crippen molar-refractivity contribution in [2.24, 2.45) is 5.92 Å². The fourth-order valence-corrected chi connectivity index (χ4v) is 1.87. The monoisotopic (exact) mass is 302 g/mol. The molecule has 0 aromatic carbocycles. The lowest BCUT2D eigenvalue weighted by Crippen LogP contribution is -2.60. The van der Waals surface area contributed by atoms with Gasteiger partial charge in [0.05, 0.1) is 7.11 Å². The van der Waals surface area contributed by atoms with Gasteiger partial charge in [0.25, 0.3) is 0 Å². The SMILES string of the molecule is CCCN(C(=O)[C@@H](NC(=O)OC)C(C)C)C(C)(C)C(=O)O. The molecule has 0 radical (unpaired) electrons. The molecule has 0 aromatic heterocycles. The topological polar surface area (TPSA) is 95.9 Å². The molecule has 0 heterocycles. The van der Waals surface area contributed by atoms with Crippen molar-refractivity contribution < 1.29 is 24.2 Å². The van der Waals surface area contributed by atoms with Crippen LogP contribution >= 0.6 is 0 Å². The first-order valence-electron chi connectivity index (χ1n) is 6.98. The van der Waals surface area contributed by atoms with Crippen molar-refractivity contribution >= 4 is 18.0 Å². The summed E-state index contributed by atoms with van der Waals surface area (Å²) in [6.45, 7) is 8.64. The third-order valence-corrected chi connectivity index (χ3v) is 3.30. The van der Waals surface area contributed by atoms with E-state index in [-0.39, 0.29) is 5.92 Å². The van der Waals surface area contributed by atoms with Gasteiger partial charge in [-0.15, -0.1) is 0 Å². The first-order valence-corrected chi connectivity index (χ1v) is 6.98. The van der Waals surface area contributed by atoms with Gasteiger partial charge in [0.1, 0.15) is 11.6 Å². The Balaban J connectivity index is 5.41. The molecule has 0 bridgehead atoms. The van der Waals surface area contributed by atoms with Crippen molar-refractivity contribution in [1.82, 2.24) is 10.2 Å². The molecule has 0 rings (SSSR count). The van der Waals surface area contributed by atoms with Crippen LogP contribution in [0, 0.1) is 5.92 Å². The van der Waals surface area contributed by atoms with Crippen LogP contribution < -0.4 is 5.32 Å². The fraction of sp³-hybridized carbons (Fsp3) is 0.786. The van der Waals surface area contributed by atoms with E-state index in [1.54, 1.807) is 13.8 Å². The molecule has 0 saturated carbocycles. The summed E-state index contributed by atoms with van der Waals surface area (Å²) in [6.07, 6.45) is -0.0995. The minimum Gasteiger partial charge on any atom is -0.480 e. The highest BCUT2D eigenvalue weighted by Gasteiger charge is 2.41. The zero-order chi connectivity index (χ0) is 16.8. The van der Waals surface area contributed by atoms with Gasteiger partial charge in [0.2, 0.25) is 5.91 Å². The molecule has 0 saturated heterocycles. The molecule has 1 atom stereocenters. The second-order valence-corrected chi connectivity index (χ2v) is 5.71. The van der Waals surface area contributed by atoms with E-state index in [4.69, 9.17) is 0 Å². The maximum absolute atomic E-state index is 12.7. The van der Waals surface area contributed by atoms with Crippen molar-refractivity contribution in [2.45, 2.75) is 52.6 Å². The Labute approximate surface area is 125 Å². The number of carbonyl (C=O) groups is 3. The van der Waals surface area contributed by atoms with Crippen molar-refractivity contribution in [1.29, 1.82) is 0 Å². The number of carboxylic acids is 1. The van der Waals surface area contributed by atoms with Crippen LogP contribution in [0.25, 0.3) is 0 Å². The third-order valence-electron chi connectivity index (χ3n) is 3.30. The van der Waals surface area contributed by atoms with Gasteiger partial charge in [0, 0.05) is 6.54 Å². The number of nitrogens with zero attached hydrogens (tertiary/aromatic N) is 1. The molecule has 122 valence electrons. The number of alkyl carbamates (subject to hydrolysis) is 1. The molecule has 0 aliphatic rings. The first-order chi connectivity index (χ1) is 9.59. The van der Waals surface area contributed by atoms with Crippen molar-refractivity contribution in [2.75, 3.05) is 13.7 Å². The summed E-state index contributed by atoms with van der Waals surface area (Å²) in [5, 5.41) is 11.8. The molecule has 0 aliphatic carbocycles. The predicted molar refractivity (Wildman–Crippen MR) is 77.9 cm³/mol. The highest BCUT2D eigenvalue weighted by molar-refractivity contribution is 5.91. The largest absolute Gasteiger partial charge is 0.480 e. The molecule has 2 amide bonds. The Morgan fingerprint density at radius 2 is 1.81 bits per heavy atom. The van der Waals surface area contributed by atoms with Gasteiger partial charge in [-0.05, 0) is 26.2 Å². The summed E-state index contributed by atoms with van der Waals surface area (Å²) < 4.78 is 4.52. The summed E-state index contributed by atoms with van der Waals surface area (Å²) in [5.41, 5.74) is -1.35. The van der Waals surface area contributed by atoms with E-state index in [0.29, 0.717) is 13.0 Å². The standard InChI is InChI=1S/C14H26N2O5/c1-7-8-16(14(4,5)12(18)19)11(17)10(9(2)3)15-13(20)21-6/h9-10H,7-8H2,1-6H3,(H,15,20)(H,18,19)/t10-/m0/s1. The lowest BCUT2D eigenvalue weighted by molar-refractivity contribution is -0.158. The zero-order valence-corrected chi connectivity index (χ0v) is 13.6. The van der Waals surface area contributed by atoms with Crippen LogP contribution in [0.5, 0.6) is 0 Å². The van der Waals surface area contributed by atoms with Crippen LogP contribution in [0.15, 0.2) is 0 Å². The van der Waals surface area contributed by atoms with Gasteiger partial charge in [-0.25, -0.2) is 9.59 Å². The van der Waals surface area contributed by atoms with Crippen molar-refractivity contribution in [3.05, 3.63) is 0 Å². The second kappa shape index (κ2) is 7.85. The van der Waals surface area contributed by atoms with Crippen LogP contribution in [0.3, 0.4) is 0 Å². The van der Waals surface area contributed by atoms with Crippen molar-refractivity contribution in [3.8, 4) is 0 Å². The van der Waals surface area contributed by atoms with Crippen molar-refractivity contribution in [3.63, 3.8) is 0 Å². The molecule has 0 spiro atoms. The Morgan fingerprint density at radius 1 is 1.29 bits per heavy atom. The number of aliphatic carboxylic acids is 1. The van der Waals surface area contributed by atoms with E-state index >= 15 is 0 Å². The number of methoxy groups -OCH3 is 1. The lowest BCUT2D eigenvalue weighted by Gasteiger charge is -2.38. The minimum atomic E-state index is -1.35. The normalized spacial score (nSPS) is 12.7. The molecule has 0 aliphatic heterocycles. The molecule has 0 fully saturated rings. The molecule has 0 aromatic rings. The van der Waals surface area contributed by atoms with E-state index < -0.39 is 29.6 Å². The molecule has 2 N–H and O–H groups in total. The first kappa shape index (κ1) is 19.2. The van der Waals surface area contributed by atoms with E-state index in [9.17, 15) is 19.5 Å². The molecular formula is C14H26N2O5. The van der Waals surface area contributed by atoms with Gasteiger partial charge >= 0.3 is 12.1 Å². The predicted octanol–water partition coefficient (Wildman–Crippen LogP) is 1.47. The highest BCUT2D eigenvalue weighted by Crippen LogP contribution is 2.19. The smallest absolute Gasteiger partial charge is 0.407 e. The minimum absolute atomic E-state index is 0.194. The summed E-state index contributed by atoms with van der Waals surface area (Å²) in [4.78, 5) is 36.7. The van der Waals surface area contributed by atoms with Gasteiger partial charge in [-0.2, -0.15) is 0 Å². The summed E-state index contributed by atoms with van der Waals surface area (Å²) >= 11 is 0. The maximum Gasteiger partial charge on any atom is 0.407 e. The Kier molecular flexibility index (Phi) is 7.18. The molecule has 7 nitrogen and oxygen atoms in total. The van der Waals surface area contributed by atoms with E-state index in [1.807, 2.05) is 6.92 Å². The van der Waals surface area contributed by atoms with Gasteiger partial charge < -0.3 is 20.1 Å². The summed E-state index contributed by atoms with van der Waals surface area (Å²) in [6, 6.07) is -0.831. The Hall–Kier alpha value is -1.79. The van der Waals surface area contributed by atoms with E-state index in [0.717, 1.165) is 0 Å². The van der Waals surface area contributed by atoms with Crippen LogP contribution in [0.4, 0.5) is 4.79 Å². The number of carbonyl (C=O) groups excluding carboxylic acids is 2. The molecule has 0 unspecified atom stereocenters. The zero-order valence-electron chi connectivity index (χ0n) is 13.6. The van der Waals surface area contributed by atoms with Gasteiger partial charge in [-0.1, -0.05) is 20.8 Å². The number of amides is 2. The van der Waals surface area contributed by atoms with Crippen LogP contribution in [-0.2, 0) is 14.3 Å². The average Bonchev–Trinajstić information content (AvgIpc) is 2.40. The average molecular weight is 302 g/mol. The maximum atomic E-state index is 12.7. The van der Waals surface area contributed by atoms with Crippen LogP contribution in [-0.4, -0.2) is 53.2 Å². The lowest BCUT2D eigenvalue weighted by atomic mass is 9.97. The number of carboxylic acid groups (broad SMARTS) is 1. The Morgan fingerprint density at radius 3 is 2.14 bits per heavy atom. The second-order valence-electron chi connectivity index (χ2n) is 5.71. The summed E-state index contributed by atoms with van der Waals surface area (Å²) in [5.74, 6) is -1.71. The van der Waals surface area contributed by atoms with Crippen LogP contribution in [0.1, 0.15) is 41.0 Å². The van der Waals surface area contributed by atoms with Gasteiger partial charge in [0.15, 0.2) is 0 Å². The quantitative estimate of drug-likeness (QED) is 0.742. The van der Waals surface area contributed by atoms with E-state index in [2.05, 4.69) is 10.1 Å².